The first kappa shape index (κ1) is 14.8. The Morgan fingerprint density at radius 2 is 1.78 bits per heavy atom. The molecule has 7 nitrogen and oxygen atoms in total. The van der Waals surface area contributed by atoms with Crippen LogP contribution in [0.25, 0.3) is 5.82 Å². The largest absolute Gasteiger partial charge is 0.477 e. The SMILES string of the molecule is CC(C)(c1cccc(C(=O)O)n1)c1cccc(-n2cncn2)n1. The van der Waals surface area contributed by atoms with E-state index < -0.39 is 11.4 Å². The molecular formula is C16H15N5O2. The van der Waals surface area contributed by atoms with Crippen molar-refractivity contribution in [2.45, 2.75) is 19.3 Å². The van der Waals surface area contributed by atoms with Gasteiger partial charge in [-0.3, -0.25) is 0 Å². The highest BCUT2D eigenvalue weighted by Crippen LogP contribution is 2.29. The smallest absolute Gasteiger partial charge is 0.354 e. The molecule has 0 aliphatic carbocycles. The van der Waals surface area contributed by atoms with Gasteiger partial charge < -0.3 is 5.11 Å². The topological polar surface area (TPSA) is 93.8 Å². The number of nitrogens with zero attached hydrogens (tertiary/aromatic N) is 5. The van der Waals surface area contributed by atoms with Crippen LogP contribution in [0.3, 0.4) is 0 Å². The summed E-state index contributed by atoms with van der Waals surface area (Å²) < 4.78 is 1.57. The summed E-state index contributed by atoms with van der Waals surface area (Å²) in [6.07, 6.45) is 3.01. The Bertz CT molecular complexity index is 843. The van der Waals surface area contributed by atoms with E-state index in [1.807, 2.05) is 32.0 Å². The van der Waals surface area contributed by atoms with E-state index in [1.54, 1.807) is 23.1 Å². The first-order chi connectivity index (χ1) is 11.0. The zero-order valence-corrected chi connectivity index (χ0v) is 12.7. The summed E-state index contributed by atoms with van der Waals surface area (Å²) in [6, 6.07) is 10.6. The summed E-state index contributed by atoms with van der Waals surface area (Å²) in [4.78, 5) is 23.9. The molecule has 0 aromatic carbocycles. The molecule has 116 valence electrons. The lowest BCUT2D eigenvalue weighted by molar-refractivity contribution is 0.0690. The van der Waals surface area contributed by atoms with E-state index in [1.165, 1.54) is 12.4 Å². The van der Waals surface area contributed by atoms with Crippen LogP contribution in [0.4, 0.5) is 0 Å². The molecule has 0 bridgehead atoms. The second kappa shape index (κ2) is 5.60. The number of hydrogen-bond acceptors (Lipinski definition) is 5. The maximum Gasteiger partial charge on any atom is 0.354 e. The Morgan fingerprint density at radius 1 is 1.09 bits per heavy atom. The van der Waals surface area contributed by atoms with Crippen LogP contribution < -0.4 is 0 Å². The first-order valence-electron chi connectivity index (χ1n) is 7.02. The zero-order valence-electron chi connectivity index (χ0n) is 12.7. The van der Waals surface area contributed by atoms with Crippen molar-refractivity contribution in [2.24, 2.45) is 0 Å². The first-order valence-corrected chi connectivity index (χ1v) is 7.02. The minimum Gasteiger partial charge on any atom is -0.477 e. The summed E-state index contributed by atoms with van der Waals surface area (Å²) in [6.45, 7) is 3.91. The standard InChI is InChI=1S/C16H15N5O2/c1-16(2,12-6-3-5-11(19-12)15(22)23)13-7-4-8-14(20-13)21-10-17-9-18-21/h3-10H,1-2H3,(H,22,23). The van der Waals surface area contributed by atoms with Gasteiger partial charge in [-0.25, -0.2) is 24.4 Å². The van der Waals surface area contributed by atoms with Crippen LogP contribution in [0.2, 0.25) is 0 Å². The van der Waals surface area contributed by atoms with Crippen LogP contribution in [0.5, 0.6) is 0 Å². The van der Waals surface area contributed by atoms with Crippen molar-refractivity contribution in [3.05, 3.63) is 66.1 Å². The minimum atomic E-state index is -1.05. The quantitative estimate of drug-likeness (QED) is 0.793. The third-order valence-corrected chi connectivity index (χ3v) is 3.64. The van der Waals surface area contributed by atoms with Crippen molar-refractivity contribution >= 4 is 5.97 Å². The van der Waals surface area contributed by atoms with Gasteiger partial charge >= 0.3 is 5.97 Å². The lowest BCUT2D eigenvalue weighted by Crippen LogP contribution is -2.23. The van der Waals surface area contributed by atoms with Crippen molar-refractivity contribution in [1.29, 1.82) is 0 Å². The molecule has 0 saturated heterocycles. The van der Waals surface area contributed by atoms with E-state index in [0.717, 1.165) is 5.69 Å². The van der Waals surface area contributed by atoms with Gasteiger partial charge in [-0.1, -0.05) is 12.1 Å². The summed E-state index contributed by atoms with van der Waals surface area (Å²) in [5.41, 5.74) is 0.867. The van der Waals surface area contributed by atoms with Crippen LogP contribution in [0, 0.1) is 0 Å². The predicted molar refractivity (Wildman–Crippen MR) is 82.5 cm³/mol. The molecule has 7 heteroatoms. The summed E-state index contributed by atoms with van der Waals surface area (Å²) in [5.74, 6) is -0.408. The number of carboxylic acid groups (broad SMARTS) is 1. The molecule has 0 radical (unpaired) electrons. The molecule has 0 spiro atoms. The Morgan fingerprint density at radius 3 is 2.43 bits per heavy atom. The second-order valence-electron chi connectivity index (χ2n) is 5.56. The van der Waals surface area contributed by atoms with Crippen molar-refractivity contribution in [3.8, 4) is 5.82 Å². The number of hydrogen-bond donors (Lipinski definition) is 1. The molecule has 3 aromatic rings. The van der Waals surface area contributed by atoms with Crippen molar-refractivity contribution < 1.29 is 9.90 Å². The average Bonchev–Trinajstić information content (AvgIpc) is 3.09. The van der Waals surface area contributed by atoms with E-state index in [-0.39, 0.29) is 5.69 Å². The van der Waals surface area contributed by atoms with E-state index >= 15 is 0 Å². The Kier molecular flexibility index (Phi) is 3.61. The normalized spacial score (nSPS) is 11.4. The number of carbonyl (C=O) groups is 1. The van der Waals surface area contributed by atoms with Crippen molar-refractivity contribution in [3.63, 3.8) is 0 Å². The molecule has 0 aliphatic rings. The molecule has 3 rings (SSSR count). The second-order valence-corrected chi connectivity index (χ2v) is 5.56. The Hall–Kier alpha value is -3.09. The molecule has 1 N–H and O–H groups in total. The Labute approximate surface area is 132 Å². The lowest BCUT2D eigenvalue weighted by Gasteiger charge is -2.24. The van der Waals surface area contributed by atoms with Crippen LogP contribution in [-0.2, 0) is 5.41 Å². The number of rotatable bonds is 4. The van der Waals surface area contributed by atoms with Crippen molar-refractivity contribution in [2.75, 3.05) is 0 Å². The lowest BCUT2D eigenvalue weighted by atomic mass is 9.84. The highest BCUT2D eigenvalue weighted by Gasteiger charge is 2.27. The number of pyridine rings is 2. The fourth-order valence-corrected chi connectivity index (χ4v) is 2.26. The Balaban J connectivity index is 2.04. The van der Waals surface area contributed by atoms with E-state index in [0.29, 0.717) is 11.5 Å². The van der Waals surface area contributed by atoms with E-state index in [2.05, 4.69) is 20.1 Å². The van der Waals surface area contributed by atoms with Crippen LogP contribution in [-0.4, -0.2) is 35.8 Å². The van der Waals surface area contributed by atoms with Gasteiger partial charge in [0.1, 0.15) is 18.3 Å². The molecule has 3 heterocycles. The maximum absolute atomic E-state index is 11.1. The zero-order chi connectivity index (χ0) is 16.4. The number of aromatic carboxylic acids is 1. The van der Waals surface area contributed by atoms with Crippen LogP contribution >= 0.6 is 0 Å². The van der Waals surface area contributed by atoms with Crippen molar-refractivity contribution in [1.82, 2.24) is 24.7 Å². The number of aromatic nitrogens is 5. The molecule has 0 aliphatic heterocycles. The maximum atomic E-state index is 11.1. The predicted octanol–water partition coefficient (Wildman–Crippen LogP) is 2.08. The fourth-order valence-electron chi connectivity index (χ4n) is 2.26. The fraction of sp³-hybridized carbons (Fsp3) is 0.188. The van der Waals surface area contributed by atoms with Crippen LogP contribution in [0.1, 0.15) is 35.7 Å². The summed E-state index contributed by atoms with van der Waals surface area (Å²) >= 11 is 0. The third kappa shape index (κ3) is 2.80. The highest BCUT2D eigenvalue weighted by molar-refractivity contribution is 5.85. The summed E-state index contributed by atoms with van der Waals surface area (Å²) in [5, 5.41) is 13.2. The molecule has 3 aromatic heterocycles. The van der Waals surface area contributed by atoms with E-state index in [9.17, 15) is 4.79 Å². The monoisotopic (exact) mass is 309 g/mol. The van der Waals surface area contributed by atoms with Gasteiger partial charge in [0.2, 0.25) is 0 Å². The van der Waals surface area contributed by atoms with Crippen LogP contribution in [0.15, 0.2) is 49.1 Å². The minimum absolute atomic E-state index is 0.0167. The van der Waals surface area contributed by atoms with Gasteiger partial charge in [0.25, 0.3) is 0 Å². The van der Waals surface area contributed by atoms with Gasteiger partial charge in [0, 0.05) is 5.41 Å². The number of carboxylic acids is 1. The highest BCUT2D eigenvalue weighted by atomic mass is 16.4. The third-order valence-electron chi connectivity index (χ3n) is 3.64. The molecule has 0 saturated carbocycles. The summed E-state index contributed by atoms with van der Waals surface area (Å²) in [7, 11) is 0. The van der Waals surface area contributed by atoms with E-state index in [4.69, 9.17) is 5.11 Å². The molecule has 0 unspecified atom stereocenters. The molecule has 0 atom stereocenters. The van der Waals surface area contributed by atoms with Gasteiger partial charge in [-0.05, 0) is 38.1 Å². The molecular weight excluding hydrogens is 294 g/mol. The molecule has 23 heavy (non-hydrogen) atoms. The molecule has 0 amide bonds. The average molecular weight is 309 g/mol. The van der Waals surface area contributed by atoms with Gasteiger partial charge in [-0.15, -0.1) is 0 Å². The van der Waals surface area contributed by atoms with Gasteiger partial charge in [-0.2, -0.15) is 5.10 Å². The van der Waals surface area contributed by atoms with Gasteiger partial charge in [0.15, 0.2) is 5.82 Å². The molecule has 0 fully saturated rings. The van der Waals surface area contributed by atoms with Gasteiger partial charge in [0.05, 0.1) is 11.4 Å².